The number of likely N-dealkylation sites (tertiary alicyclic amines) is 1. The van der Waals surface area contributed by atoms with Crippen molar-refractivity contribution in [1.82, 2.24) is 9.80 Å². The molecule has 1 aromatic carbocycles. The minimum absolute atomic E-state index is 0.195. The highest BCUT2D eigenvalue weighted by Crippen LogP contribution is 2.28. The molecule has 168 valence electrons. The average Bonchev–Trinajstić information content (AvgIpc) is 2.77. The van der Waals surface area contributed by atoms with Gasteiger partial charge in [0.15, 0.2) is 0 Å². The van der Waals surface area contributed by atoms with Gasteiger partial charge in [-0.05, 0) is 64.0 Å². The molecule has 1 amide bonds. The summed E-state index contributed by atoms with van der Waals surface area (Å²) in [4.78, 5) is 18.3. The molecule has 0 bridgehead atoms. The van der Waals surface area contributed by atoms with Crippen LogP contribution in [0.1, 0.15) is 50.2 Å². The van der Waals surface area contributed by atoms with Crippen molar-refractivity contribution in [3.63, 3.8) is 0 Å². The Morgan fingerprint density at radius 2 is 1.97 bits per heavy atom. The van der Waals surface area contributed by atoms with Crippen LogP contribution < -0.4 is 5.73 Å². The first-order chi connectivity index (χ1) is 14.5. The van der Waals surface area contributed by atoms with Crippen molar-refractivity contribution < 1.29 is 9.53 Å². The van der Waals surface area contributed by atoms with E-state index in [0.29, 0.717) is 18.5 Å². The summed E-state index contributed by atoms with van der Waals surface area (Å²) in [6.45, 7) is 9.30. The van der Waals surface area contributed by atoms with Gasteiger partial charge in [0.1, 0.15) is 0 Å². The topological polar surface area (TPSA) is 58.8 Å². The monoisotopic (exact) mass is 433 g/mol. The summed E-state index contributed by atoms with van der Waals surface area (Å²) >= 11 is 4.82. The van der Waals surface area contributed by atoms with Gasteiger partial charge in [-0.2, -0.15) is 12.6 Å². The molecule has 2 aliphatic heterocycles. The summed E-state index contributed by atoms with van der Waals surface area (Å²) in [5.74, 6) is 0.499. The predicted octanol–water partition coefficient (Wildman–Crippen LogP) is 3.25. The van der Waals surface area contributed by atoms with Crippen LogP contribution in [0.4, 0.5) is 0 Å². The molecular weight excluding hydrogens is 394 g/mol. The first-order valence-corrected chi connectivity index (χ1v) is 12.1. The molecule has 2 fully saturated rings. The maximum absolute atomic E-state index is 13.6. The lowest BCUT2D eigenvalue weighted by atomic mass is 9.93. The standard InChI is InChI=1S/C24H39N3O2S/c1-18-4-3-5-20(16-18)17-27(24(28)23(30)21-9-14-29-15-10-21)22-7-12-26(13-8-22)19(2)6-11-25/h3-5,16,19,21-23,30H,6-15,17,25H2,1-2H3. The number of carbonyl (C=O) groups excluding carboxylic acids is 1. The van der Waals surface area contributed by atoms with Gasteiger partial charge in [-0.25, -0.2) is 0 Å². The van der Waals surface area contributed by atoms with Crippen molar-refractivity contribution in [1.29, 1.82) is 0 Å². The maximum atomic E-state index is 13.6. The Bertz CT molecular complexity index is 672. The van der Waals surface area contributed by atoms with Crippen molar-refractivity contribution in [2.24, 2.45) is 11.7 Å². The molecule has 2 aliphatic rings. The zero-order valence-electron chi connectivity index (χ0n) is 18.6. The van der Waals surface area contributed by atoms with Crippen LogP contribution in [0.2, 0.25) is 0 Å². The van der Waals surface area contributed by atoms with Gasteiger partial charge >= 0.3 is 0 Å². The number of thiol groups is 1. The summed E-state index contributed by atoms with van der Waals surface area (Å²) in [5, 5.41) is -0.243. The zero-order chi connectivity index (χ0) is 21.5. The lowest BCUT2D eigenvalue weighted by molar-refractivity contribution is -0.136. The third-order valence-corrected chi connectivity index (χ3v) is 7.47. The number of ether oxygens (including phenoxy) is 1. The van der Waals surface area contributed by atoms with Gasteiger partial charge in [-0.1, -0.05) is 29.8 Å². The summed E-state index contributed by atoms with van der Waals surface area (Å²) in [6.07, 6.45) is 4.90. The van der Waals surface area contributed by atoms with E-state index < -0.39 is 0 Å². The van der Waals surface area contributed by atoms with E-state index in [9.17, 15) is 4.79 Å². The number of carbonyl (C=O) groups is 1. The van der Waals surface area contributed by atoms with Gasteiger partial charge in [0.2, 0.25) is 5.91 Å². The molecule has 0 radical (unpaired) electrons. The van der Waals surface area contributed by atoms with Crippen LogP contribution in [0, 0.1) is 12.8 Å². The Morgan fingerprint density at radius 3 is 2.60 bits per heavy atom. The Morgan fingerprint density at radius 1 is 1.27 bits per heavy atom. The second-order valence-corrected chi connectivity index (χ2v) is 9.60. The van der Waals surface area contributed by atoms with Gasteiger partial charge in [-0.3, -0.25) is 4.79 Å². The molecule has 1 aromatic rings. The largest absolute Gasteiger partial charge is 0.381 e. The van der Waals surface area contributed by atoms with Crippen LogP contribution in [-0.2, 0) is 16.1 Å². The minimum Gasteiger partial charge on any atom is -0.381 e. The maximum Gasteiger partial charge on any atom is 0.236 e. The average molecular weight is 434 g/mol. The fourth-order valence-corrected chi connectivity index (χ4v) is 5.31. The van der Waals surface area contributed by atoms with Crippen molar-refractivity contribution in [2.75, 3.05) is 32.8 Å². The molecule has 2 saturated heterocycles. The number of nitrogens with zero attached hydrogens (tertiary/aromatic N) is 2. The highest BCUT2D eigenvalue weighted by molar-refractivity contribution is 7.81. The quantitative estimate of drug-likeness (QED) is 0.618. The van der Waals surface area contributed by atoms with Crippen LogP contribution in [-0.4, -0.2) is 65.9 Å². The predicted molar refractivity (Wildman–Crippen MR) is 126 cm³/mol. The van der Waals surface area contributed by atoms with E-state index in [0.717, 1.165) is 65.0 Å². The van der Waals surface area contributed by atoms with Crippen molar-refractivity contribution in [3.8, 4) is 0 Å². The van der Waals surface area contributed by atoms with Gasteiger partial charge in [-0.15, -0.1) is 0 Å². The van der Waals surface area contributed by atoms with E-state index in [2.05, 4.69) is 47.9 Å². The number of nitrogens with two attached hydrogens (primary N) is 1. The molecule has 5 nitrogen and oxygen atoms in total. The molecule has 2 unspecified atom stereocenters. The smallest absolute Gasteiger partial charge is 0.236 e. The van der Waals surface area contributed by atoms with Gasteiger partial charge < -0.3 is 20.3 Å². The highest BCUT2D eigenvalue weighted by Gasteiger charge is 2.35. The zero-order valence-corrected chi connectivity index (χ0v) is 19.5. The van der Waals surface area contributed by atoms with Crippen molar-refractivity contribution in [3.05, 3.63) is 35.4 Å². The highest BCUT2D eigenvalue weighted by atomic mass is 32.1. The van der Waals surface area contributed by atoms with E-state index in [1.807, 2.05) is 0 Å². The normalized spacial score (nSPS) is 21.3. The molecule has 2 heterocycles. The van der Waals surface area contributed by atoms with Gasteiger partial charge in [0.25, 0.3) is 0 Å². The van der Waals surface area contributed by atoms with Crippen molar-refractivity contribution in [2.45, 2.75) is 69.8 Å². The summed E-state index contributed by atoms with van der Waals surface area (Å²) in [5.41, 5.74) is 8.19. The van der Waals surface area contributed by atoms with Crippen LogP contribution >= 0.6 is 12.6 Å². The summed E-state index contributed by atoms with van der Waals surface area (Å²) in [6, 6.07) is 9.30. The van der Waals surface area contributed by atoms with E-state index in [1.165, 1.54) is 11.1 Å². The number of rotatable bonds is 8. The molecular formula is C24H39N3O2S. The molecule has 0 aromatic heterocycles. The summed E-state index contributed by atoms with van der Waals surface area (Å²) < 4.78 is 5.50. The number of aryl methyl sites for hydroxylation is 1. The van der Waals surface area contributed by atoms with E-state index >= 15 is 0 Å². The lowest BCUT2D eigenvalue weighted by Crippen LogP contribution is -2.52. The molecule has 2 atom stereocenters. The summed E-state index contributed by atoms with van der Waals surface area (Å²) in [7, 11) is 0. The van der Waals surface area contributed by atoms with E-state index in [-0.39, 0.29) is 17.2 Å². The number of benzene rings is 1. The molecule has 0 spiro atoms. The van der Waals surface area contributed by atoms with Crippen molar-refractivity contribution >= 4 is 18.5 Å². The second kappa shape index (κ2) is 11.5. The fraction of sp³-hybridized carbons (Fsp3) is 0.708. The van der Waals surface area contributed by atoms with E-state index in [1.54, 1.807) is 0 Å². The number of hydrogen-bond donors (Lipinski definition) is 2. The van der Waals surface area contributed by atoms with Crippen LogP contribution in [0.5, 0.6) is 0 Å². The molecule has 0 aliphatic carbocycles. The second-order valence-electron chi connectivity index (χ2n) is 9.04. The number of hydrogen-bond acceptors (Lipinski definition) is 5. The number of piperidine rings is 1. The molecule has 6 heteroatoms. The molecule has 0 saturated carbocycles. The first-order valence-electron chi connectivity index (χ1n) is 11.6. The molecule has 2 N–H and O–H groups in total. The third kappa shape index (κ3) is 6.22. The van der Waals surface area contributed by atoms with Gasteiger partial charge in [0, 0.05) is 44.9 Å². The van der Waals surface area contributed by atoms with Crippen LogP contribution in [0.15, 0.2) is 24.3 Å². The minimum atomic E-state index is -0.243. The molecule has 30 heavy (non-hydrogen) atoms. The van der Waals surface area contributed by atoms with E-state index in [4.69, 9.17) is 23.1 Å². The Labute approximate surface area is 187 Å². The van der Waals surface area contributed by atoms with Gasteiger partial charge in [0.05, 0.1) is 5.25 Å². The first kappa shape index (κ1) is 23.6. The van der Waals surface area contributed by atoms with Crippen LogP contribution in [0.3, 0.4) is 0 Å². The SMILES string of the molecule is Cc1cccc(CN(C(=O)C(S)C2CCOCC2)C2CCN(C(C)CCN)CC2)c1. The Balaban J connectivity index is 1.71. The van der Waals surface area contributed by atoms with Crippen LogP contribution in [0.25, 0.3) is 0 Å². The molecule has 3 rings (SSSR count). The third-order valence-electron chi connectivity index (χ3n) is 6.83. The fourth-order valence-electron chi connectivity index (χ4n) is 4.86. The number of amides is 1. The Hall–Kier alpha value is -1.08. The Kier molecular flexibility index (Phi) is 9.05. The lowest BCUT2D eigenvalue weighted by Gasteiger charge is -2.42.